The number of hydrogen-bond acceptors (Lipinski definition) is 2. The maximum atomic E-state index is 9.75. The highest BCUT2D eigenvalue weighted by Crippen LogP contribution is 1.81. The van der Waals surface area contributed by atoms with Gasteiger partial charge in [0.25, 0.3) is 0 Å². The quantitative estimate of drug-likeness (QED) is 0.369. The van der Waals surface area contributed by atoms with Crippen molar-refractivity contribution in [1.82, 2.24) is 0 Å². The fraction of sp³-hybridized carbons (Fsp3) is 0.500. The molecule has 2 heteroatoms. The molecule has 0 aromatic heterocycles. The molecule has 0 aromatic carbocycles. The Morgan fingerprint density at radius 1 is 1.33 bits per heavy atom. The van der Waals surface area contributed by atoms with Crippen LogP contribution < -0.4 is 0 Å². The van der Waals surface area contributed by atoms with E-state index in [1.54, 1.807) is 0 Å². The van der Waals surface area contributed by atoms with Crippen molar-refractivity contribution in [3.63, 3.8) is 0 Å². The number of carbonyl (C=O) groups excluding carboxylic acids is 1. The van der Waals surface area contributed by atoms with Gasteiger partial charge in [-0.3, -0.25) is 4.79 Å². The molecule has 12 heavy (non-hydrogen) atoms. The third-order valence-electron chi connectivity index (χ3n) is 0.887. The van der Waals surface area contributed by atoms with Crippen LogP contribution in [0, 0.1) is 0 Å². The normalized spacial score (nSPS) is 8.58. The number of hydrogen-bond donors (Lipinski definition) is 0. The smallest absolute Gasteiger partial charge is 0.307 e. The summed E-state index contributed by atoms with van der Waals surface area (Å²) in [6.45, 7) is 8.77. The zero-order chi connectivity index (χ0) is 9.82. The highest BCUT2D eigenvalue weighted by atomic mass is 16.5. The molecule has 0 radical (unpaired) electrons. The summed E-state index contributed by atoms with van der Waals surface area (Å²) in [6, 6.07) is 0. The largest absolute Gasteiger partial charge is 0.435 e. The molecule has 0 spiro atoms. The lowest BCUT2D eigenvalue weighted by atomic mass is 10.4. The topological polar surface area (TPSA) is 26.3 Å². The van der Waals surface area contributed by atoms with Crippen LogP contribution in [0.1, 0.15) is 33.6 Å². The van der Waals surface area contributed by atoms with Gasteiger partial charge >= 0.3 is 5.97 Å². The number of carbonyl (C=O) groups is 1. The first-order chi connectivity index (χ1) is 5.68. The van der Waals surface area contributed by atoms with Gasteiger partial charge in [-0.15, -0.1) is 0 Å². The van der Waals surface area contributed by atoms with Crippen molar-refractivity contribution in [2.75, 3.05) is 0 Å². The Labute approximate surface area is 74.9 Å². The molecule has 0 aromatic rings. The van der Waals surface area contributed by atoms with Crippen LogP contribution >= 0.6 is 0 Å². The Kier molecular flexibility index (Phi) is 14.2. The van der Waals surface area contributed by atoms with Gasteiger partial charge in [-0.25, -0.2) is 0 Å². The van der Waals surface area contributed by atoms with Gasteiger partial charge in [0.2, 0.25) is 0 Å². The molecule has 0 saturated heterocycles. The molecule has 0 atom stereocenters. The summed E-state index contributed by atoms with van der Waals surface area (Å²) in [5, 5.41) is 0. The lowest BCUT2D eigenvalue weighted by Crippen LogP contribution is -1.87. The monoisotopic (exact) mass is 170 g/mol. The van der Waals surface area contributed by atoms with Crippen LogP contribution in [0.3, 0.4) is 0 Å². The molecule has 0 aliphatic heterocycles. The zero-order valence-electron chi connectivity index (χ0n) is 8.17. The van der Waals surface area contributed by atoms with Crippen molar-refractivity contribution in [2.24, 2.45) is 0 Å². The molecule has 0 saturated carbocycles. The van der Waals surface area contributed by atoms with Crippen molar-refractivity contribution in [2.45, 2.75) is 33.6 Å². The van der Waals surface area contributed by atoms with E-state index in [4.69, 9.17) is 0 Å². The van der Waals surface area contributed by atoms with E-state index in [0.717, 1.165) is 6.26 Å². The predicted molar refractivity (Wildman–Crippen MR) is 51.7 cm³/mol. The summed E-state index contributed by atoms with van der Waals surface area (Å²) in [5.41, 5.74) is 0. The van der Waals surface area contributed by atoms with Crippen molar-refractivity contribution < 1.29 is 9.53 Å². The molecular weight excluding hydrogens is 152 g/mol. The molecule has 0 aliphatic carbocycles. The Hall–Kier alpha value is -1.05. The molecule has 2 nitrogen and oxygen atoms in total. The predicted octanol–water partition coefficient (Wildman–Crippen LogP) is 3.06. The Balaban J connectivity index is 0. The Bertz CT molecular complexity index is 131. The molecule has 0 bridgehead atoms. The van der Waals surface area contributed by atoms with E-state index >= 15 is 0 Å². The highest BCUT2D eigenvalue weighted by Gasteiger charge is 1.79. The van der Waals surface area contributed by atoms with Crippen LogP contribution in [-0.4, -0.2) is 5.97 Å². The van der Waals surface area contributed by atoms with E-state index in [-0.39, 0.29) is 5.97 Å². The van der Waals surface area contributed by atoms with Crippen molar-refractivity contribution in [3.05, 3.63) is 25.0 Å². The average Bonchev–Trinajstić information content (AvgIpc) is 2.02. The minimum absolute atomic E-state index is 0.329. The maximum Gasteiger partial charge on any atom is 0.307 e. The van der Waals surface area contributed by atoms with Gasteiger partial charge in [-0.2, -0.15) is 0 Å². The first kappa shape index (κ1) is 13.5. The van der Waals surface area contributed by atoms with Crippen LogP contribution in [0.2, 0.25) is 0 Å². The van der Waals surface area contributed by atoms with Crippen LogP contribution in [0.15, 0.2) is 25.0 Å². The second-order valence-electron chi connectivity index (χ2n) is 2.06. The van der Waals surface area contributed by atoms with E-state index in [1.165, 1.54) is 19.8 Å². The number of allylic oxidation sites excluding steroid dienone is 2. The number of rotatable bonds is 3. The number of esters is 1. The van der Waals surface area contributed by atoms with Crippen LogP contribution in [0.4, 0.5) is 0 Å². The fourth-order valence-corrected chi connectivity index (χ4v) is 0.451. The summed E-state index contributed by atoms with van der Waals surface area (Å²) in [5.74, 6) is -0.329. The molecular formula is C10H18O2. The standard InChI is InChI=1S/C6H12.C4H6O2/c1-3-5-6-4-2;1-3-6-4(2)5/h5-6H,3-4H2,1-2H3;3H,1H2,2H3. The molecule has 0 fully saturated rings. The van der Waals surface area contributed by atoms with E-state index in [9.17, 15) is 4.79 Å². The molecule has 0 aliphatic rings. The van der Waals surface area contributed by atoms with Gasteiger partial charge in [-0.05, 0) is 12.8 Å². The zero-order valence-corrected chi connectivity index (χ0v) is 8.17. The van der Waals surface area contributed by atoms with E-state index in [1.807, 2.05) is 0 Å². The lowest BCUT2D eigenvalue weighted by Gasteiger charge is -1.83. The van der Waals surface area contributed by atoms with Gasteiger partial charge in [-0.1, -0.05) is 32.6 Å². The third-order valence-corrected chi connectivity index (χ3v) is 0.887. The van der Waals surface area contributed by atoms with Gasteiger partial charge < -0.3 is 4.74 Å². The number of ether oxygens (including phenoxy) is 1. The van der Waals surface area contributed by atoms with Gasteiger partial charge in [0.1, 0.15) is 0 Å². The highest BCUT2D eigenvalue weighted by molar-refractivity contribution is 5.66. The minimum Gasteiger partial charge on any atom is -0.435 e. The van der Waals surface area contributed by atoms with Crippen LogP contribution in [-0.2, 0) is 9.53 Å². The van der Waals surface area contributed by atoms with E-state index < -0.39 is 0 Å². The Morgan fingerprint density at radius 2 is 1.75 bits per heavy atom. The van der Waals surface area contributed by atoms with E-state index in [0.29, 0.717) is 0 Å². The van der Waals surface area contributed by atoms with Crippen molar-refractivity contribution in [3.8, 4) is 0 Å². The van der Waals surface area contributed by atoms with Crippen LogP contribution in [0.5, 0.6) is 0 Å². The summed E-state index contributed by atoms with van der Waals surface area (Å²) >= 11 is 0. The minimum atomic E-state index is -0.329. The van der Waals surface area contributed by atoms with Crippen LogP contribution in [0.25, 0.3) is 0 Å². The average molecular weight is 170 g/mol. The first-order valence-electron chi connectivity index (χ1n) is 4.12. The Morgan fingerprint density at radius 3 is 1.83 bits per heavy atom. The second-order valence-corrected chi connectivity index (χ2v) is 2.06. The molecule has 0 rings (SSSR count). The fourth-order valence-electron chi connectivity index (χ4n) is 0.451. The van der Waals surface area contributed by atoms with Crippen molar-refractivity contribution in [1.29, 1.82) is 0 Å². The third kappa shape index (κ3) is 23.1. The summed E-state index contributed by atoms with van der Waals surface area (Å²) < 4.78 is 4.17. The summed E-state index contributed by atoms with van der Waals surface area (Å²) in [4.78, 5) is 9.75. The van der Waals surface area contributed by atoms with Gasteiger partial charge in [0, 0.05) is 6.92 Å². The summed E-state index contributed by atoms with van der Waals surface area (Å²) in [6.07, 6.45) is 7.81. The summed E-state index contributed by atoms with van der Waals surface area (Å²) in [7, 11) is 0. The van der Waals surface area contributed by atoms with Gasteiger partial charge in [0.15, 0.2) is 0 Å². The molecule has 70 valence electrons. The lowest BCUT2D eigenvalue weighted by molar-refractivity contribution is -0.135. The first-order valence-corrected chi connectivity index (χ1v) is 4.12. The molecule has 0 N–H and O–H groups in total. The second kappa shape index (κ2) is 12.6. The SMILES string of the molecule is C=COC(C)=O.CCC=CCC. The van der Waals surface area contributed by atoms with Gasteiger partial charge in [0.05, 0.1) is 6.26 Å². The van der Waals surface area contributed by atoms with E-state index in [2.05, 4.69) is 37.3 Å². The maximum absolute atomic E-state index is 9.75. The molecule has 0 heterocycles. The van der Waals surface area contributed by atoms with Crippen molar-refractivity contribution >= 4 is 5.97 Å². The molecule has 0 unspecified atom stereocenters. The molecule has 0 amide bonds.